The highest BCUT2D eigenvalue weighted by Gasteiger charge is 2.20. The number of nitriles is 1. The molecule has 2 aromatic carbocycles. The first-order valence-electron chi connectivity index (χ1n) is 13.2. The van der Waals surface area contributed by atoms with Crippen LogP contribution < -0.4 is 26.4 Å². The summed E-state index contributed by atoms with van der Waals surface area (Å²) in [6, 6.07) is 16.7. The number of nitrogens with zero attached hydrogens (tertiary/aromatic N) is 4. The zero-order chi connectivity index (χ0) is 28.8. The Kier molecular flexibility index (Phi) is 8.31. The zero-order valence-electron chi connectivity index (χ0n) is 22.4. The van der Waals surface area contributed by atoms with Crippen LogP contribution >= 0.6 is 0 Å². The van der Waals surface area contributed by atoms with Crippen molar-refractivity contribution in [2.45, 2.75) is 32.0 Å². The number of pyridine rings is 1. The van der Waals surface area contributed by atoms with Crippen LogP contribution in [0.1, 0.15) is 46.4 Å². The van der Waals surface area contributed by atoms with Gasteiger partial charge in [0.15, 0.2) is 5.82 Å². The predicted molar refractivity (Wildman–Crippen MR) is 152 cm³/mol. The third-order valence-electron chi connectivity index (χ3n) is 6.75. The minimum atomic E-state index is -0.405. The van der Waals surface area contributed by atoms with E-state index in [9.17, 15) is 14.4 Å². The van der Waals surface area contributed by atoms with E-state index in [4.69, 9.17) is 10.5 Å². The maximum Gasteiger partial charge on any atom is 0.258 e. The molecule has 2 atom stereocenters. The summed E-state index contributed by atoms with van der Waals surface area (Å²) in [4.78, 5) is 26.3. The van der Waals surface area contributed by atoms with Crippen LogP contribution in [0.5, 0.6) is 5.88 Å². The van der Waals surface area contributed by atoms with E-state index in [0.717, 1.165) is 36.2 Å². The molecule has 4 aromatic rings. The van der Waals surface area contributed by atoms with Gasteiger partial charge in [-0.2, -0.15) is 5.26 Å². The first-order chi connectivity index (χ1) is 19.9. The summed E-state index contributed by atoms with van der Waals surface area (Å²) in [6.45, 7) is 3.82. The van der Waals surface area contributed by atoms with Crippen molar-refractivity contribution in [3.63, 3.8) is 0 Å². The minimum absolute atomic E-state index is 0.0178. The van der Waals surface area contributed by atoms with Gasteiger partial charge in [-0.15, -0.1) is 0 Å². The summed E-state index contributed by atoms with van der Waals surface area (Å²) in [5.41, 5.74) is 9.65. The van der Waals surface area contributed by atoms with E-state index in [-0.39, 0.29) is 34.9 Å². The molecule has 1 unspecified atom stereocenters. The van der Waals surface area contributed by atoms with Gasteiger partial charge in [0, 0.05) is 24.8 Å². The second-order valence-corrected chi connectivity index (χ2v) is 9.71. The number of aromatic nitrogens is 3. The number of nitrogen functional groups attached to an aromatic ring is 1. The van der Waals surface area contributed by atoms with Gasteiger partial charge >= 0.3 is 0 Å². The number of carbonyl (C=O) groups is 1. The average Bonchev–Trinajstić information content (AvgIpc) is 3.51. The van der Waals surface area contributed by atoms with Crippen LogP contribution in [-0.2, 0) is 6.54 Å². The Morgan fingerprint density at radius 3 is 2.68 bits per heavy atom. The van der Waals surface area contributed by atoms with E-state index < -0.39 is 5.91 Å². The maximum atomic E-state index is 13.3. The number of ether oxygens (including phenoxy) is 1. The van der Waals surface area contributed by atoms with Crippen molar-refractivity contribution in [3.8, 4) is 23.2 Å². The number of nitrogens with two attached hydrogens (primary N) is 1. The third kappa shape index (κ3) is 6.74. The van der Waals surface area contributed by atoms with Gasteiger partial charge in [0.25, 0.3) is 11.8 Å². The van der Waals surface area contributed by atoms with Gasteiger partial charge in [-0.3, -0.25) is 4.79 Å². The fraction of sp³-hybridized carbons (Fsp3) is 0.233. The van der Waals surface area contributed by atoms with E-state index in [2.05, 4.69) is 30.9 Å². The van der Waals surface area contributed by atoms with Gasteiger partial charge in [-0.1, -0.05) is 36.4 Å². The maximum absolute atomic E-state index is 13.3. The largest absolute Gasteiger partial charge is 0.470 e. The smallest absolute Gasteiger partial charge is 0.258 e. The summed E-state index contributed by atoms with van der Waals surface area (Å²) >= 11 is 0. The second-order valence-electron chi connectivity index (χ2n) is 9.71. The molecule has 0 spiro atoms. The molecule has 1 fully saturated rings. The van der Waals surface area contributed by atoms with Crippen molar-refractivity contribution in [2.24, 2.45) is 0 Å². The number of rotatable bonds is 9. The van der Waals surface area contributed by atoms with Crippen molar-refractivity contribution in [1.29, 1.82) is 5.26 Å². The molecule has 5 rings (SSSR count). The summed E-state index contributed by atoms with van der Waals surface area (Å²) in [5.74, 6) is 0.161. The van der Waals surface area contributed by atoms with Gasteiger partial charge in [0.2, 0.25) is 0 Å². The molecule has 3 heterocycles. The highest BCUT2D eigenvalue weighted by Crippen LogP contribution is 2.25. The van der Waals surface area contributed by atoms with Crippen LogP contribution in [0.4, 0.5) is 16.0 Å². The molecule has 0 radical (unpaired) electrons. The molecule has 208 valence electrons. The van der Waals surface area contributed by atoms with Gasteiger partial charge < -0.3 is 26.4 Å². The molecule has 5 N–H and O–H groups in total. The van der Waals surface area contributed by atoms with Crippen molar-refractivity contribution in [2.75, 3.05) is 24.1 Å². The Morgan fingerprint density at radius 2 is 1.98 bits per heavy atom. The molecule has 0 saturated carbocycles. The number of halogens is 1. The van der Waals surface area contributed by atoms with Crippen LogP contribution in [0, 0.1) is 17.1 Å². The van der Waals surface area contributed by atoms with E-state index in [1.54, 1.807) is 25.3 Å². The van der Waals surface area contributed by atoms with Crippen molar-refractivity contribution in [3.05, 3.63) is 95.1 Å². The lowest BCUT2D eigenvalue weighted by Crippen LogP contribution is -2.28. The summed E-state index contributed by atoms with van der Waals surface area (Å²) in [6.07, 6.45) is 3.93. The Bertz CT molecular complexity index is 1570. The fourth-order valence-corrected chi connectivity index (χ4v) is 4.42. The average molecular weight is 553 g/mol. The van der Waals surface area contributed by atoms with Crippen LogP contribution in [0.15, 0.2) is 67.0 Å². The molecule has 1 aliphatic heterocycles. The monoisotopic (exact) mass is 552 g/mol. The van der Waals surface area contributed by atoms with Gasteiger partial charge in [-0.05, 0) is 49.2 Å². The zero-order valence-corrected chi connectivity index (χ0v) is 22.4. The molecule has 41 heavy (non-hydrogen) atoms. The molecule has 2 aromatic heterocycles. The molecular formula is C30H29FN8O2. The number of carbonyl (C=O) groups excluding carboxylic acids is 1. The summed E-state index contributed by atoms with van der Waals surface area (Å²) in [7, 11) is 0. The number of benzene rings is 2. The quantitative estimate of drug-likeness (QED) is 0.242. The van der Waals surface area contributed by atoms with Crippen LogP contribution in [-0.4, -0.2) is 40.1 Å². The van der Waals surface area contributed by atoms with Crippen LogP contribution in [0.2, 0.25) is 0 Å². The molecule has 11 heteroatoms. The fourth-order valence-electron chi connectivity index (χ4n) is 4.42. The summed E-state index contributed by atoms with van der Waals surface area (Å²) in [5, 5.41) is 18.7. The molecule has 1 saturated heterocycles. The molecular weight excluding hydrogens is 523 g/mol. The normalized spacial score (nSPS) is 15.1. The lowest BCUT2D eigenvalue weighted by Gasteiger charge is -2.17. The van der Waals surface area contributed by atoms with Crippen LogP contribution in [0.25, 0.3) is 11.3 Å². The van der Waals surface area contributed by atoms with Gasteiger partial charge in [0.1, 0.15) is 23.8 Å². The lowest BCUT2D eigenvalue weighted by atomic mass is 10.1. The topological polar surface area (TPSA) is 151 Å². The molecule has 1 aliphatic rings. The number of amides is 1. The lowest BCUT2D eigenvalue weighted by molar-refractivity contribution is 0.0940. The molecule has 0 aliphatic carbocycles. The number of nitrogens with one attached hydrogen (secondary N) is 3. The third-order valence-corrected chi connectivity index (χ3v) is 6.75. The first kappa shape index (κ1) is 27.5. The van der Waals surface area contributed by atoms with E-state index >= 15 is 0 Å². The Hall–Kier alpha value is -5.08. The molecule has 0 bridgehead atoms. The standard InChI is InChI=1S/C30H29FN8O2/c1-18(21-6-8-23(31)9-7-21)38-29(40)25-12-20(13-32)15-37-28(25)36-14-19-2-4-22(5-3-19)26-17-35-27(33)30(39-26)41-24-10-11-34-16-24/h2-9,12,15,17-18,24,34H,10-11,14,16H2,1H3,(H2,33,35)(H,36,37)(H,38,40)/t18-,24?/m0/s1. The number of anilines is 2. The molecule has 1 amide bonds. The van der Waals surface area contributed by atoms with E-state index in [0.29, 0.717) is 23.9 Å². The predicted octanol–water partition coefficient (Wildman–Crippen LogP) is 3.98. The van der Waals surface area contributed by atoms with E-state index in [1.165, 1.54) is 24.4 Å². The highest BCUT2D eigenvalue weighted by atomic mass is 19.1. The van der Waals surface area contributed by atoms with Crippen molar-refractivity contribution < 1.29 is 13.9 Å². The Labute approximate surface area is 236 Å². The van der Waals surface area contributed by atoms with Crippen molar-refractivity contribution in [1.82, 2.24) is 25.6 Å². The van der Waals surface area contributed by atoms with Gasteiger partial charge in [0.05, 0.1) is 29.1 Å². The van der Waals surface area contributed by atoms with Crippen molar-refractivity contribution >= 4 is 17.5 Å². The first-order valence-corrected chi connectivity index (χ1v) is 13.2. The Morgan fingerprint density at radius 1 is 1.20 bits per heavy atom. The second kappa shape index (κ2) is 12.4. The number of hydrogen-bond acceptors (Lipinski definition) is 9. The molecule has 10 nitrogen and oxygen atoms in total. The highest BCUT2D eigenvalue weighted by molar-refractivity contribution is 5.99. The number of hydrogen-bond donors (Lipinski definition) is 4. The summed E-state index contributed by atoms with van der Waals surface area (Å²) < 4.78 is 19.2. The Balaban J connectivity index is 1.27. The SMILES string of the molecule is C[C@H](NC(=O)c1cc(C#N)cnc1NCc1ccc(-c2cnc(N)c(OC3CCNC3)n2)cc1)c1ccc(F)cc1. The van der Waals surface area contributed by atoms with E-state index in [1.807, 2.05) is 30.3 Å². The van der Waals surface area contributed by atoms with Crippen LogP contribution in [0.3, 0.4) is 0 Å². The van der Waals surface area contributed by atoms with Gasteiger partial charge in [-0.25, -0.2) is 19.3 Å². The minimum Gasteiger partial charge on any atom is -0.470 e.